The van der Waals surface area contributed by atoms with Gasteiger partial charge in [0.2, 0.25) is 0 Å². The minimum atomic E-state index is -6.25. The van der Waals surface area contributed by atoms with E-state index in [0.717, 1.165) is 0 Å². The largest absolute Gasteiger partial charge is 0.483 e. The van der Waals surface area contributed by atoms with Crippen LogP contribution in [-0.2, 0) is 38.1 Å². The van der Waals surface area contributed by atoms with Gasteiger partial charge in [0.05, 0.1) is 59.5 Å². The smallest absolute Gasteiger partial charge is 0.419 e. The molecule has 17 nitrogen and oxygen atoms in total. The van der Waals surface area contributed by atoms with Crippen LogP contribution < -0.4 is 0 Å². The van der Waals surface area contributed by atoms with Crippen molar-refractivity contribution in [2.45, 2.75) is 54.6 Å². The van der Waals surface area contributed by atoms with E-state index in [9.17, 15) is 87.9 Å². The van der Waals surface area contributed by atoms with E-state index in [1.807, 2.05) is 0 Å². The van der Waals surface area contributed by atoms with Gasteiger partial charge in [-0.1, -0.05) is 0 Å². The van der Waals surface area contributed by atoms with Gasteiger partial charge in [0.15, 0.2) is 0 Å². The van der Waals surface area contributed by atoms with Crippen molar-refractivity contribution < 1.29 is 171 Å². The van der Waals surface area contributed by atoms with Crippen molar-refractivity contribution in [2.24, 2.45) is 0 Å². The first kappa shape index (κ1) is 84.3. The van der Waals surface area contributed by atoms with Gasteiger partial charge in [-0.15, -0.1) is 22.5 Å². The Balaban J connectivity index is -0.0000000979. The van der Waals surface area contributed by atoms with Crippen molar-refractivity contribution in [3.63, 3.8) is 0 Å². The van der Waals surface area contributed by atoms with E-state index in [4.69, 9.17) is 45.3 Å². The number of methoxy groups -OCH3 is 1. The molecule has 416 valence electrons. The van der Waals surface area contributed by atoms with Gasteiger partial charge < -0.3 is 93.9 Å². The number of aliphatic hydroxyl groups is 7. The summed E-state index contributed by atoms with van der Waals surface area (Å²) in [5, 5.41) is 59.3. The Morgan fingerprint density at radius 3 is 1.17 bits per heavy atom. The van der Waals surface area contributed by atoms with Crippen molar-refractivity contribution in [1.29, 1.82) is 0 Å². The molecular formula is C30H47F20O17Rf2-3. The van der Waals surface area contributed by atoms with Gasteiger partial charge in [0.1, 0.15) is 50.9 Å². The summed E-state index contributed by atoms with van der Waals surface area (Å²) in [5.41, 5.74) is 0. The molecular weight excluding hydrogens is 1550 g/mol. The fourth-order valence-corrected chi connectivity index (χ4v) is 2.39. The average molecular weight is 1590 g/mol. The predicted molar refractivity (Wildman–Crippen MR) is 178 cm³/mol. The Hall–Kier alpha value is -4.66. The molecule has 0 bridgehead atoms. The summed E-state index contributed by atoms with van der Waals surface area (Å²) in [6.45, 7) is -11.3. The van der Waals surface area contributed by atoms with Gasteiger partial charge in [-0.2, -0.15) is 43.9 Å². The Labute approximate surface area is 365 Å². The molecule has 0 fully saturated rings. The number of carbonyl (C=O) groups is 2. The second-order valence-electron chi connectivity index (χ2n) is 10.8. The summed E-state index contributed by atoms with van der Waals surface area (Å²) in [6, 6.07) is 0. The van der Waals surface area contributed by atoms with Crippen molar-refractivity contribution in [2.75, 3.05) is 106 Å². The fraction of sp³-hybridized carbons (Fsp3) is 0.833. The number of rotatable bonds is 30. The third-order valence-electron chi connectivity index (χ3n) is 4.98. The second kappa shape index (κ2) is 47.0. The minimum absolute atomic E-state index is 0. The summed E-state index contributed by atoms with van der Waals surface area (Å²) < 4.78 is 260. The van der Waals surface area contributed by atoms with Crippen molar-refractivity contribution in [3.8, 4) is 0 Å². The van der Waals surface area contributed by atoms with Crippen LogP contribution >= 0.6 is 0 Å². The second-order valence-corrected chi connectivity index (χ2v) is 10.8. The van der Waals surface area contributed by atoms with Crippen LogP contribution in [0, 0.1) is 20.3 Å². The normalized spacial score (nSPS) is 13.2. The number of halogens is 20. The van der Waals surface area contributed by atoms with Crippen LogP contribution in [0.3, 0.4) is 0 Å². The molecule has 0 aromatic heterocycles. The molecule has 4 atom stereocenters. The molecule has 4 unspecified atom stereocenters. The van der Waals surface area contributed by atoms with Crippen LogP contribution in [0.5, 0.6) is 0 Å². The Kier molecular flexibility index (Phi) is 57.5. The molecule has 7 N–H and O–H groups in total. The van der Waals surface area contributed by atoms with E-state index in [-0.39, 0.29) is 33.9 Å². The molecule has 0 aliphatic rings. The quantitative estimate of drug-likeness (QED) is 0.0228. The first-order chi connectivity index (χ1) is 30.0. The van der Waals surface area contributed by atoms with Crippen LogP contribution in [0.4, 0.5) is 97.5 Å². The maximum Gasteiger partial charge on any atom is 0.483 e. The van der Waals surface area contributed by atoms with Crippen molar-refractivity contribution in [1.82, 2.24) is 0 Å². The van der Waals surface area contributed by atoms with E-state index >= 15 is 0 Å². The molecule has 0 aliphatic carbocycles. The van der Waals surface area contributed by atoms with E-state index in [1.54, 1.807) is 4.94 Å². The molecule has 39 heteroatoms. The molecule has 0 rings (SSSR count). The van der Waals surface area contributed by atoms with Gasteiger partial charge in [0, 0.05) is 20.0 Å². The fourth-order valence-electron chi connectivity index (χ4n) is 2.39. The monoisotopic (exact) mass is 1590 g/mol. The van der Waals surface area contributed by atoms with E-state index in [2.05, 4.69) is 33.2 Å². The maximum atomic E-state index is 13.0. The van der Waals surface area contributed by atoms with Crippen LogP contribution in [0.15, 0.2) is 0 Å². The van der Waals surface area contributed by atoms with Crippen LogP contribution in [0.25, 0.3) is 0 Å². The van der Waals surface area contributed by atoms with Crippen LogP contribution in [0.2, 0.25) is 0 Å². The topological polar surface area (TPSA) is 250 Å². The predicted octanol–water partition coefficient (Wildman–Crippen LogP) is 4.43. The number of hydrogen-bond donors (Lipinski definition) is 7. The summed E-state index contributed by atoms with van der Waals surface area (Å²) >= 11 is 0. The molecule has 0 aliphatic heterocycles. The number of ether oxygens (including phenoxy) is 7. The zero-order valence-corrected chi connectivity index (χ0v) is 48.4. The Morgan fingerprint density at radius 1 is 0.565 bits per heavy atom. The molecule has 0 amide bonds. The first-order valence-electron chi connectivity index (χ1n) is 16.4. The maximum absolute atomic E-state index is 13.0. The molecule has 0 aromatic carbocycles. The third kappa shape index (κ3) is 63.3. The number of hydrogen-bond acceptors (Lipinski definition) is 17. The standard InChI is InChI=1S/C10H13F9O5.C7H12F3O3.C5H10F2O4.C5H9F2O3.2CF2O.CH3.2Rf/c1-21-8(13,14)5-23-3-6(20)2-22-4-7(11,12)9(15,16)10(17,18)24-19;8-1-2-12-3-6(11)4-13-5-7(9)10;6-5(7,10)3-11-2-4(9)1-8;6-5(7)3-10-2-4(9)1-8;2*2-1(3)4;;;/h6,20H,2-5H2,1H3;6,11H,1-5H2;4,8-10H,1-3H2;4,8-9H,1-3H2;;;1H3;;/q;-1;;-1;;;-1;;. The molecule has 0 saturated carbocycles. The Bertz CT molecular complexity index is 1120. The number of carbonyl (C=O) groups excluding carboxylic acids is 2. The molecule has 0 radical (unpaired) electrons. The first-order valence-corrected chi connectivity index (χ1v) is 16.4. The zero-order chi connectivity index (χ0) is 53.4. The van der Waals surface area contributed by atoms with E-state index in [0.29, 0.717) is 7.11 Å². The SMILES string of the molecule is COC(F)(F)COCC(O)COCC(F)(F)C(F)(F)C(F)(F)OF.O=C(F)F.O=C(F)F.OC(COCCF)COC[C-](F)F.OCC(O)COCC(O)(F)F.OCC(O)COC[C-](F)F.[CH3-].[Rf].[Rf]. The van der Waals surface area contributed by atoms with Gasteiger partial charge in [0.25, 0.3) is 0 Å². The number of alkyl halides is 11. The molecule has 0 spiro atoms. The Morgan fingerprint density at radius 2 is 0.870 bits per heavy atom. The summed E-state index contributed by atoms with van der Waals surface area (Å²) in [7, 11) is 0.655. The van der Waals surface area contributed by atoms with E-state index in [1.165, 1.54) is 0 Å². The zero-order valence-electron chi connectivity index (χ0n) is 35.6. The third-order valence-corrected chi connectivity index (χ3v) is 4.98. The van der Waals surface area contributed by atoms with E-state index < -0.39 is 153 Å². The summed E-state index contributed by atoms with van der Waals surface area (Å²) in [6.07, 6.45) is -28.1. The summed E-state index contributed by atoms with van der Waals surface area (Å²) in [4.78, 5) is 17.8. The van der Waals surface area contributed by atoms with Crippen molar-refractivity contribution in [3.05, 3.63) is 20.3 Å². The van der Waals surface area contributed by atoms with Crippen molar-refractivity contribution >= 4 is 12.6 Å². The van der Waals surface area contributed by atoms with Gasteiger partial charge in [-0.05, 0) is 17.7 Å². The van der Waals surface area contributed by atoms with Gasteiger partial charge in [-0.25, -0.2) is 14.0 Å². The van der Waals surface area contributed by atoms with Gasteiger partial charge in [-0.3, -0.25) is 0 Å². The van der Waals surface area contributed by atoms with Gasteiger partial charge >= 0.3 is 42.8 Å². The molecule has 0 saturated heterocycles. The summed E-state index contributed by atoms with van der Waals surface area (Å²) in [5.74, 6) is -11.8. The minimum Gasteiger partial charge on any atom is -0.419 e. The molecule has 69 heavy (non-hydrogen) atoms. The average Bonchev–Trinajstić information content (AvgIpc) is 3.17. The molecule has 0 aromatic rings. The number of aliphatic hydroxyl groups excluding tert-OH is 6. The molecule has 0 heterocycles. The van der Waals surface area contributed by atoms with Crippen LogP contribution in [-0.4, -0.2) is 209 Å². The van der Waals surface area contributed by atoms with Crippen LogP contribution in [0.1, 0.15) is 0 Å².